The number of rotatable bonds is 7. The predicted molar refractivity (Wildman–Crippen MR) is 122 cm³/mol. The van der Waals surface area contributed by atoms with Crippen LogP contribution in [0.2, 0.25) is 0 Å². The second kappa shape index (κ2) is 11.0. The van der Waals surface area contributed by atoms with Gasteiger partial charge in [0.1, 0.15) is 11.6 Å². The van der Waals surface area contributed by atoms with E-state index in [1.807, 2.05) is 45.9 Å². The van der Waals surface area contributed by atoms with Crippen molar-refractivity contribution in [2.24, 2.45) is 11.8 Å². The Morgan fingerprint density at radius 3 is 2.39 bits per heavy atom. The van der Waals surface area contributed by atoms with Crippen LogP contribution >= 0.6 is 15.9 Å². The molecule has 0 spiro atoms. The van der Waals surface area contributed by atoms with E-state index < -0.39 is 23.7 Å². The third-order valence-electron chi connectivity index (χ3n) is 5.44. The van der Waals surface area contributed by atoms with Crippen molar-refractivity contribution in [3.05, 3.63) is 33.8 Å². The van der Waals surface area contributed by atoms with E-state index in [2.05, 4.69) is 26.6 Å². The van der Waals surface area contributed by atoms with E-state index in [9.17, 15) is 19.5 Å². The predicted octanol–water partition coefficient (Wildman–Crippen LogP) is 4.20. The molecule has 2 amide bonds. The van der Waals surface area contributed by atoms with Crippen molar-refractivity contribution in [1.29, 1.82) is 0 Å². The largest absolute Gasteiger partial charge is 0.480 e. The Hall–Kier alpha value is -2.09. The summed E-state index contributed by atoms with van der Waals surface area (Å²) in [6.45, 7) is 7.93. The molecule has 3 N–H and O–H groups in total. The van der Waals surface area contributed by atoms with Crippen LogP contribution in [0.15, 0.2) is 22.7 Å². The first-order chi connectivity index (χ1) is 14.4. The van der Waals surface area contributed by atoms with Crippen molar-refractivity contribution < 1.29 is 24.2 Å². The Morgan fingerprint density at radius 2 is 1.84 bits per heavy atom. The van der Waals surface area contributed by atoms with E-state index in [-0.39, 0.29) is 24.2 Å². The number of amides is 2. The number of carbonyl (C=O) groups is 3. The zero-order valence-corrected chi connectivity index (χ0v) is 20.3. The van der Waals surface area contributed by atoms with Gasteiger partial charge in [0.05, 0.1) is 0 Å². The fraction of sp³-hybridized carbons (Fsp3) is 0.609. The fourth-order valence-electron chi connectivity index (χ4n) is 3.66. The lowest BCUT2D eigenvalue weighted by molar-refractivity contribution is -0.142. The van der Waals surface area contributed by atoms with Gasteiger partial charge >= 0.3 is 12.1 Å². The van der Waals surface area contributed by atoms with Crippen LogP contribution in [-0.2, 0) is 20.7 Å². The average Bonchev–Trinajstić information content (AvgIpc) is 2.67. The molecule has 172 valence electrons. The van der Waals surface area contributed by atoms with Crippen LogP contribution in [0.4, 0.5) is 4.79 Å². The maximum absolute atomic E-state index is 12.7. The summed E-state index contributed by atoms with van der Waals surface area (Å²) in [5.41, 5.74) is 1.38. The molecule has 0 unspecified atom stereocenters. The Morgan fingerprint density at radius 1 is 1.19 bits per heavy atom. The number of carboxylic acid groups (broad SMARTS) is 1. The Labute approximate surface area is 192 Å². The second-order valence-corrected chi connectivity index (χ2v) is 10.1. The number of alkyl carbamates (subject to hydrolysis) is 1. The van der Waals surface area contributed by atoms with Crippen molar-refractivity contribution in [2.45, 2.75) is 71.4 Å². The number of hydrogen-bond donors (Lipinski definition) is 3. The summed E-state index contributed by atoms with van der Waals surface area (Å²) in [4.78, 5) is 36.2. The topological polar surface area (TPSA) is 105 Å². The molecular weight excluding hydrogens is 464 g/mol. The van der Waals surface area contributed by atoms with Crippen molar-refractivity contribution >= 4 is 33.9 Å². The van der Waals surface area contributed by atoms with Gasteiger partial charge in [0.2, 0.25) is 5.91 Å². The number of benzene rings is 1. The normalized spacial score (nSPS) is 19.9. The molecule has 0 bridgehead atoms. The molecule has 0 aromatic heterocycles. The van der Waals surface area contributed by atoms with E-state index >= 15 is 0 Å². The highest BCUT2D eigenvalue weighted by Gasteiger charge is 2.30. The van der Waals surface area contributed by atoms with Gasteiger partial charge in [-0.05, 0) is 76.5 Å². The summed E-state index contributed by atoms with van der Waals surface area (Å²) in [5.74, 6) is -1.17. The molecule has 1 aromatic carbocycles. The number of aryl methyl sites for hydroxylation is 1. The average molecular weight is 497 g/mol. The van der Waals surface area contributed by atoms with Crippen LogP contribution in [0, 0.1) is 18.8 Å². The number of ether oxygens (including phenoxy) is 1. The first-order valence-electron chi connectivity index (χ1n) is 10.7. The molecule has 7 nitrogen and oxygen atoms in total. The highest BCUT2D eigenvalue weighted by Crippen LogP contribution is 2.29. The SMILES string of the molecule is Cc1ccc(C[C@H](NC(=O)C2CCC(CNC(=O)OC(C)(C)C)CC2)C(=O)O)cc1Br. The molecule has 0 heterocycles. The summed E-state index contributed by atoms with van der Waals surface area (Å²) in [5, 5.41) is 15.1. The molecule has 0 radical (unpaired) electrons. The molecule has 1 aliphatic carbocycles. The van der Waals surface area contributed by atoms with E-state index in [1.165, 1.54) is 0 Å². The summed E-state index contributed by atoms with van der Waals surface area (Å²) >= 11 is 3.46. The molecule has 8 heteroatoms. The Kier molecular flexibility index (Phi) is 8.91. The van der Waals surface area contributed by atoms with Gasteiger partial charge in [-0.1, -0.05) is 28.1 Å². The van der Waals surface area contributed by atoms with Gasteiger partial charge < -0.3 is 20.5 Å². The fourth-order valence-corrected chi connectivity index (χ4v) is 4.09. The number of carbonyl (C=O) groups excluding carboxylic acids is 2. The van der Waals surface area contributed by atoms with Gasteiger partial charge in [0.25, 0.3) is 0 Å². The lowest BCUT2D eigenvalue weighted by Crippen LogP contribution is -2.46. The van der Waals surface area contributed by atoms with E-state index in [0.29, 0.717) is 19.4 Å². The zero-order valence-electron chi connectivity index (χ0n) is 18.7. The van der Waals surface area contributed by atoms with Crippen LogP contribution < -0.4 is 10.6 Å². The standard InChI is InChI=1S/C23H33BrN2O5/c1-14-5-6-16(11-18(14)24)12-19(21(28)29)26-20(27)17-9-7-15(8-10-17)13-25-22(30)31-23(2,3)4/h5-6,11,15,17,19H,7-10,12-13H2,1-4H3,(H,25,30)(H,26,27)(H,28,29)/t15?,17?,19-/m0/s1. The van der Waals surface area contributed by atoms with Gasteiger partial charge in [0.15, 0.2) is 0 Å². The third-order valence-corrected chi connectivity index (χ3v) is 6.30. The summed E-state index contributed by atoms with van der Waals surface area (Å²) < 4.78 is 6.16. The van der Waals surface area contributed by atoms with Gasteiger partial charge in [-0.25, -0.2) is 9.59 Å². The molecule has 1 aliphatic rings. The van der Waals surface area contributed by atoms with Gasteiger partial charge in [-0.15, -0.1) is 0 Å². The number of halogens is 1. The monoisotopic (exact) mass is 496 g/mol. The summed E-state index contributed by atoms with van der Waals surface area (Å²) in [6, 6.07) is 4.73. The minimum atomic E-state index is -1.04. The van der Waals surface area contributed by atoms with Crippen molar-refractivity contribution in [1.82, 2.24) is 10.6 Å². The second-order valence-electron chi connectivity index (χ2n) is 9.29. The maximum Gasteiger partial charge on any atom is 0.407 e. The highest BCUT2D eigenvalue weighted by molar-refractivity contribution is 9.10. The Balaban J connectivity index is 1.81. The number of hydrogen-bond acceptors (Lipinski definition) is 4. The van der Waals surface area contributed by atoms with Crippen LogP contribution in [-0.4, -0.2) is 41.3 Å². The minimum Gasteiger partial charge on any atom is -0.480 e. The van der Waals surface area contributed by atoms with Crippen molar-refractivity contribution in [2.75, 3.05) is 6.54 Å². The molecule has 0 aliphatic heterocycles. The first-order valence-corrected chi connectivity index (χ1v) is 11.5. The van der Waals surface area contributed by atoms with Crippen LogP contribution in [0.5, 0.6) is 0 Å². The zero-order chi connectivity index (χ0) is 23.2. The number of aliphatic carboxylic acids is 1. The molecule has 2 rings (SSSR count). The van der Waals surface area contributed by atoms with Crippen LogP contribution in [0.1, 0.15) is 57.6 Å². The molecule has 1 fully saturated rings. The molecule has 1 aromatic rings. The molecule has 1 saturated carbocycles. The van der Waals surface area contributed by atoms with Crippen LogP contribution in [0.25, 0.3) is 0 Å². The van der Waals surface area contributed by atoms with Gasteiger partial charge in [0, 0.05) is 23.4 Å². The molecule has 1 atom stereocenters. The van der Waals surface area contributed by atoms with Gasteiger partial charge in [-0.2, -0.15) is 0 Å². The number of nitrogens with one attached hydrogen (secondary N) is 2. The lowest BCUT2D eigenvalue weighted by Gasteiger charge is -2.29. The smallest absolute Gasteiger partial charge is 0.407 e. The van der Waals surface area contributed by atoms with Gasteiger partial charge in [-0.3, -0.25) is 4.79 Å². The van der Waals surface area contributed by atoms with E-state index in [1.54, 1.807) is 0 Å². The van der Waals surface area contributed by atoms with Crippen molar-refractivity contribution in [3.63, 3.8) is 0 Å². The minimum absolute atomic E-state index is 0.204. The summed E-state index contributed by atoms with van der Waals surface area (Å²) in [7, 11) is 0. The molecule has 0 saturated heterocycles. The highest BCUT2D eigenvalue weighted by atomic mass is 79.9. The van der Waals surface area contributed by atoms with E-state index in [4.69, 9.17) is 4.74 Å². The first kappa shape index (κ1) is 25.2. The number of carboxylic acids is 1. The quantitative estimate of drug-likeness (QED) is 0.524. The maximum atomic E-state index is 12.7. The van der Waals surface area contributed by atoms with Crippen LogP contribution in [0.3, 0.4) is 0 Å². The van der Waals surface area contributed by atoms with Crippen molar-refractivity contribution in [3.8, 4) is 0 Å². The summed E-state index contributed by atoms with van der Waals surface area (Å²) in [6.07, 6.45) is 2.76. The lowest BCUT2D eigenvalue weighted by atomic mass is 9.81. The third kappa shape index (κ3) is 8.51. The Bertz CT molecular complexity index is 798. The molecule has 31 heavy (non-hydrogen) atoms. The molecular formula is C23H33BrN2O5. The van der Waals surface area contributed by atoms with E-state index in [0.717, 1.165) is 28.4 Å².